The van der Waals surface area contributed by atoms with E-state index in [1.807, 2.05) is 31.2 Å². The highest BCUT2D eigenvalue weighted by atomic mass is 16.5. The van der Waals surface area contributed by atoms with E-state index in [9.17, 15) is 9.59 Å². The van der Waals surface area contributed by atoms with Crippen LogP contribution >= 0.6 is 0 Å². The number of hydrogen-bond acceptors (Lipinski definition) is 5. The van der Waals surface area contributed by atoms with Crippen LogP contribution in [-0.2, 0) is 16.1 Å². The third kappa shape index (κ3) is 4.32. The number of methoxy groups -OCH3 is 2. The van der Waals surface area contributed by atoms with Crippen molar-refractivity contribution < 1.29 is 23.8 Å². The smallest absolute Gasteiger partial charge is 0.338 e. The van der Waals surface area contributed by atoms with Crippen molar-refractivity contribution in [3.05, 3.63) is 64.7 Å². The molecule has 0 aliphatic heterocycles. The first-order valence-corrected chi connectivity index (χ1v) is 7.03. The molecular formula is C18H18O5. The van der Waals surface area contributed by atoms with Gasteiger partial charge in [-0.2, -0.15) is 0 Å². The molecule has 0 saturated heterocycles. The van der Waals surface area contributed by atoms with Crippen LogP contribution in [0.25, 0.3) is 0 Å². The van der Waals surface area contributed by atoms with Crippen LogP contribution in [0.1, 0.15) is 31.8 Å². The predicted octanol–water partition coefficient (Wildman–Crippen LogP) is 3.15. The van der Waals surface area contributed by atoms with Gasteiger partial charge in [0.15, 0.2) is 0 Å². The molecule has 0 saturated carbocycles. The van der Waals surface area contributed by atoms with Crippen LogP contribution in [-0.4, -0.2) is 26.2 Å². The minimum absolute atomic E-state index is 0.231. The highest BCUT2D eigenvalue weighted by molar-refractivity contribution is 5.96. The van der Waals surface area contributed by atoms with Crippen LogP contribution in [0.2, 0.25) is 0 Å². The maximum atomic E-state index is 11.7. The number of carbonyl (C=O) groups is 2. The summed E-state index contributed by atoms with van der Waals surface area (Å²) in [6.45, 7) is 2.32. The van der Waals surface area contributed by atoms with E-state index in [4.69, 9.17) is 14.2 Å². The fourth-order valence-electron chi connectivity index (χ4n) is 2.12. The van der Waals surface area contributed by atoms with Crippen LogP contribution in [0.5, 0.6) is 5.75 Å². The van der Waals surface area contributed by atoms with Gasteiger partial charge in [-0.05, 0) is 30.7 Å². The summed E-state index contributed by atoms with van der Waals surface area (Å²) in [6, 6.07) is 12.4. The summed E-state index contributed by atoms with van der Waals surface area (Å²) in [7, 11) is 2.56. The first-order chi connectivity index (χ1) is 11.0. The average molecular weight is 314 g/mol. The quantitative estimate of drug-likeness (QED) is 0.793. The summed E-state index contributed by atoms with van der Waals surface area (Å²) < 4.78 is 15.1. The van der Waals surface area contributed by atoms with E-state index in [0.29, 0.717) is 12.4 Å². The molecule has 2 rings (SSSR count). The van der Waals surface area contributed by atoms with Crippen LogP contribution in [0.4, 0.5) is 0 Å². The standard InChI is InChI=1S/C18H18O5/c1-12-5-4-6-13(7-12)11-23-16-9-14(17(19)21-2)8-15(10-16)18(20)22-3/h4-10H,11H2,1-3H3. The fraction of sp³-hybridized carbons (Fsp3) is 0.222. The Morgan fingerprint density at radius 1 is 0.913 bits per heavy atom. The van der Waals surface area contributed by atoms with Gasteiger partial charge in [-0.15, -0.1) is 0 Å². The van der Waals surface area contributed by atoms with E-state index in [-0.39, 0.29) is 11.1 Å². The van der Waals surface area contributed by atoms with Crippen LogP contribution in [0, 0.1) is 6.92 Å². The zero-order chi connectivity index (χ0) is 16.8. The van der Waals surface area contributed by atoms with E-state index in [1.165, 1.54) is 32.4 Å². The van der Waals surface area contributed by atoms with Crippen molar-refractivity contribution in [1.29, 1.82) is 0 Å². The van der Waals surface area contributed by atoms with Gasteiger partial charge in [0.25, 0.3) is 0 Å². The summed E-state index contributed by atoms with van der Waals surface area (Å²) in [5.74, 6) is -0.692. The van der Waals surface area contributed by atoms with Gasteiger partial charge in [-0.25, -0.2) is 9.59 Å². The average Bonchev–Trinajstić information content (AvgIpc) is 2.58. The summed E-state index contributed by atoms with van der Waals surface area (Å²) in [5.41, 5.74) is 2.59. The molecule has 0 amide bonds. The first kappa shape index (κ1) is 16.5. The van der Waals surface area contributed by atoms with E-state index in [1.54, 1.807) is 0 Å². The van der Waals surface area contributed by atoms with Crippen LogP contribution in [0.15, 0.2) is 42.5 Å². The number of ether oxygens (including phenoxy) is 3. The fourth-order valence-corrected chi connectivity index (χ4v) is 2.12. The minimum Gasteiger partial charge on any atom is -0.489 e. The van der Waals surface area contributed by atoms with Crippen molar-refractivity contribution in [2.24, 2.45) is 0 Å². The maximum Gasteiger partial charge on any atom is 0.338 e. The summed E-state index contributed by atoms with van der Waals surface area (Å²) >= 11 is 0. The minimum atomic E-state index is -0.545. The lowest BCUT2D eigenvalue weighted by molar-refractivity contribution is 0.0598. The number of carbonyl (C=O) groups excluding carboxylic acids is 2. The molecule has 23 heavy (non-hydrogen) atoms. The molecule has 0 fully saturated rings. The van der Waals surface area contributed by atoms with Crippen molar-refractivity contribution in [2.45, 2.75) is 13.5 Å². The second-order valence-corrected chi connectivity index (χ2v) is 5.01. The Balaban J connectivity index is 2.26. The lowest BCUT2D eigenvalue weighted by atomic mass is 10.1. The molecule has 0 bridgehead atoms. The lowest BCUT2D eigenvalue weighted by Gasteiger charge is -2.10. The van der Waals surface area contributed by atoms with Gasteiger partial charge < -0.3 is 14.2 Å². The first-order valence-electron chi connectivity index (χ1n) is 7.03. The monoisotopic (exact) mass is 314 g/mol. The van der Waals surface area contributed by atoms with E-state index in [0.717, 1.165) is 11.1 Å². The Morgan fingerprint density at radius 2 is 1.52 bits per heavy atom. The molecule has 0 aliphatic carbocycles. The topological polar surface area (TPSA) is 61.8 Å². The Labute approximate surface area is 134 Å². The molecule has 2 aromatic rings. The molecular weight excluding hydrogens is 296 g/mol. The number of esters is 2. The molecule has 0 N–H and O–H groups in total. The summed E-state index contributed by atoms with van der Waals surface area (Å²) in [5, 5.41) is 0. The number of rotatable bonds is 5. The van der Waals surface area contributed by atoms with E-state index in [2.05, 4.69) is 0 Å². The molecule has 0 aliphatic rings. The molecule has 5 nitrogen and oxygen atoms in total. The number of aryl methyl sites for hydroxylation is 1. The molecule has 0 unspecified atom stereocenters. The largest absolute Gasteiger partial charge is 0.489 e. The zero-order valence-electron chi connectivity index (χ0n) is 13.3. The second-order valence-electron chi connectivity index (χ2n) is 5.01. The third-order valence-corrected chi connectivity index (χ3v) is 3.24. The Morgan fingerprint density at radius 3 is 2.04 bits per heavy atom. The molecule has 120 valence electrons. The highest BCUT2D eigenvalue weighted by Gasteiger charge is 2.14. The van der Waals surface area contributed by atoms with Gasteiger partial charge in [-0.1, -0.05) is 29.8 Å². The molecule has 0 heterocycles. The van der Waals surface area contributed by atoms with Crippen molar-refractivity contribution in [3.63, 3.8) is 0 Å². The van der Waals surface area contributed by atoms with Crippen molar-refractivity contribution in [2.75, 3.05) is 14.2 Å². The zero-order valence-corrected chi connectivity index (χ0v) is 13.3. The van der Waals surface area contributed by atoms with Crippen molar-refractivity contribution in [3.8, 4) is 5.75 Å². The number of hydrogen-bond donors (Lipinski definition) is 0. The maximum absolute atomic E-state index is 11.7. The van der Waals surface area contributed by atoms with Crippen LogP contribution in [0.3, 0.4) is 0 Å². The van der Waals surface area contributed by atoms with Gasteiger partial charge in [0.05, 0.1) is 25.3 Å². The Bertz CT molecular complexity index is 687. The molecule has 2 aromatic carbocycles. The molecule has 0 radical (unpaired) electrons. The predicted molar refractivity (Wildman–Crippen MR) is 84.6 cm³/mol. The highest BCUT2D eigenvalue weighted by Crippen LogP contribution is 2.20. The Kier molecular flexibility index (Phi) is 5.36. The van der Waals surface area contributed by atoms with Gasteiger partial charge in [0.2, 0.25) is 0 Å². The van der Waals surface area contributed by atoms with E-state index < -0.39 is 11.9 Å². The van der Waals surface area contributed by atoms with E-state index >= 15 is 0 Å². The van der Waals surface area contributed by atoms with Crippen LogP contribution < -0.4 is 4.74 Å². The molecule has 0 spiro atoms. The lowest BCUT2D eigenvalue weighted by Crippen LogP contribution is -2.07. The van der Waals surface area contributed by atoms with Gasteiger partial charge in [0.1, 0.15) is 12.4 Å². The molecule has 0 atom stereocenters. The normalized spacial score (nSPS) is 10.0. The summed E-state index contributed by atoms with van der Waals surface area (Å²) in [6.07, 6.45) is 0. The Hall–Kier alpha value is -2.82. The van der Waals surface area contributed by atoms with Crippen molar-refractivity contribution >= 4 is 11.9 Å². The van der Waals surface area contributed by atoms with Gasteiger partial charge >= 0.3 is 11.9 Å². The second kappa shape index (κ2) is 7.45. The summed E-state index contributed by atoms with van der Waals surface area (Å²) in [4.78, 5) is 23.4. The molecule has 5 heteroatoms. The van der Waals surface area contributed by atoms with Gasteiger partial charge in [0, 0.05) is 0 Å². The third-order valence-electron chi connectivity index (χ3n) is 3.24. The SMILES string of the molecule is COC(=O)c1cc(OCc2cccc(C)c2)cc(C(=O)OC)c1. The molecule has 0 aromatic heterocycles. The number of benzene rings is 2. The van der Waals surface area contributed by atoms with Crippen molar-refractivity contribution in [1.82, 2.24) is 0 Å². The van der Waals surface area contributed by atoms with Gasteiger partial charge in [-0.3, -0.25) is 0 Å².